The van der Waals surface area contributed by atoms with E-state index < -0.39 is 0 Å². The molecule has 23 heavy (non-hydrogen) atoms. The Morgan fingerprint density at radius 2 is 2.39 bits per heavy atom. The summed E-state index contributed by atoms with van der Waals surface area (Å²) >= 11 is 0. The van der Waals surface area contributed by atoms with Gasteiger partial charge in [-0.05, 0) is 69.2 Å². The predicted molar refractivity (Wildman–Crippen MR) is 93.7 cm³/mol. The fourth-order valence-electron chi connectivity index (χ4n) is 3.54. The molecule has 0 unspecified atom stereocenters. The van der Waals surface area contributed by atoms with Gasteiger partial charge in [0.15, 0.2) is 5.78 Å². The van der Waals surface area contributed by atoms with Crippen molar-refractivity contribution in [1.82, 2.24) is 9.88 Å². The zero-order valence-corrected chi connectivity index (χ0v) is 14.1. The number of allylic oxidation sites excluding steroid dienone is 1. The van der Waals surface area contributed by atoms with Crippen LogP contribution in [-0.4, -0.2) is 41.8 Å². The summed E-state index contributed by atoms with van der Waals surface area (Å²) < 4.78 is 0. The van der Waals surface area contributed by atoms with E-state index in [2.05, 4.69) is 22.3 Å². The Kier molecular flexibility index (Phi) is 5.44. The number of rotatable bonds is 6. The number of carbonyl (C=O) groups is 1. The van der Waals surface area contributed by atoms with Gasteiger partial charge in [0, 0.05) is 25.3 Å². The molecule has 3 heterocycles. The van der Waals surface area contributed by atoms with Crippen LogP contribution in [0.2, 0.25) is 0 Å². The monoisotopic (exact) mass is 313 g/mol. The second-order valence-electron chi connectivity index (χ2n) is 6.81. The van der Waals surface area contributed by atoms with Crippen LogP contribution in [0, 0.1) is 5.92 Å². The van der Waals surface area contributed by atoms with E-state index in [4.69, 9.17) is 4.98 Å². The van der Waals surface area contributed by atoms with Crippen molar-refractivity contribution in [2.75, 3.05) is 31.5 Å². The summed E-state index contributed by atoms with van der Waals surface area (Å²) in [5.41, 5.74) is 2.58. The number of pyridine rings is 1. The zero-order chi connectivity index (χ0) is 16.1. The molecule has 1 atom stereocenters. The number of ketones is 1. The van der Waals surface area contributed by atoms with Crippen LogP contribution >= 0.6 is 0 Å². The van der Waals surface area contributed by atoms with E-state index in [1.165, 1.54) is 30.5 Å². The molecule has 0 amide bonds. The fraction of sp³-hybridized carbons (Fsp3) is 0.579. The maximum absolute atomic E-state index is 10.9. The topological polar surface area (TPSA) is 45.2 Å². The highest BCUT2D eigenvalue weighted by Crippen LogP contribution is 2.23. The molecule has 0 saturated carbocycles. The second-order valence-corrected chi connectivity index (χ2v) is 6.81. The minimum atomic E-state index is 0.132. The number of fused-ring (bicyclic) bond motifs is 1. The molecule has 2 aliphatic heterocycles. The third-order valence-corrected chi connectivity index (χ3v) is 4.85. The van der Waals surface area contributed by atoms with Crippen LogP contribution in [0.1, 0.15) is 37.4 Å². The number of aryl methyl sites for hydroxylation is 2. The minimum Gasteiger partial charge on any atom is -0.370 e. The average molecular weight is 313 g/mol. The molecular formula is C19H27N3O. The summed E-state index contributed by atoms with van der Waals surface area (Å²) in [6.45, 7) is 5.84. The predicted octanol–water partition coefficient (Wildman–Crippen LogP) is 2.84. The van der Waals surface area contributed by atoms with Gasteiger partial charge in [-0.3, -0.25) is 9.69 Å². The van der Waals surface area contributed by atoms with Crippen molar-refractivity contribution in [3.05, 3.63) is 35.5 Å². The fourth-order valence-corrected chi connectivity index (χ4v) is 3.54. The normalized spacial score (nSPS) is 21.3. The second kappa shape index (κ2) is 7.73. The summed E-state index contributed by atoms with van der Waals surface area (Å²) in [6.07, 6.45) is 9.57. The van der Waals surface area contributed by atoms with Gasteiger partial charge in [-0.15, -0.1) is 0 Å². The van der Waals surface area contributed by atoms with Crippen molar-refractivity contribution < 1.29 is 4.79 Å². The van der Waals surface area contributed by atoms with Crippen LogP contribution in [0.25, 0.3) is 0 Å². The lowest BCUT2D eigenvalue weighted by atomic mass is 10.00. The molecule has 1 aromatic rings. The molecule has 1 aromatic heterocycles. The molecule has 0 bridgehead atoms. The standard InChI is InChI=1S/C19H27N3O/c1-15(23)4-3-12-22-13-10-16(14-22)6-8-18-9-7-17-5-2-11-20-19(17)21-18/h3-4,7,9,16H,2,5-6,8,10-14H2,1H3,(H,20,21)/b4-3+/t16-/m1/s1. The van der Waals surface area contributed by atoms with Crippen LogP contribution in [-0.2, 0) is 17.6 Å². The first-order valence-electron chi connectivity index (χ1n) is 8.83. The molecule has 124 valence electrons. The minimum absolute atomic E-state index is 0.132. The average Bonchev–Trinajstić information content (AvgIpc) is 3.00. The Balaban J connectivity index is 1.45. The lowest BCUT2D eigenvalue weighted by molar-refractivity contribution is -0.112. The Bertz CT molecular complexity index is 582. The highest BCUT2D eigenvalue weighted by Gasteiger charge is 2.21. The molecule has 0 spiro atoms. The third-order valence-electron chi connectivity index (χ3n) is 4.85. The SMILES string of the molecule is CC(=O)/C=C/CN1CC[C@@H](CCc2ccc3c(n2)NCCC3)C1. The highest BCUT2D eigenvalue weighted by molar-refractivity contribution is 5.87. The summed E-state index contributed by atoms with van der Waals surface area (Å²) in [5, 5.41) is 3.42. The number of anilines is 1. The number of nitrogens with one attached hydrogen (secondary N) is 1. The van der Waals surface area contributed by atoms with Gasteiger partial charge in [0.05, 0.1) is 0 Å². The van der Waals surface area contributed by atoms with E-state index in [1.54, 1.807) is 13.0 Å². The molecule has 4 nitrogen and oxygen atoms in total. The van der Waals surface area contributed by atoms with Crippen molar-refractivity contribution in [2.24, 2.45) is 5.92 Å². The van der Waals surface area contributed by atoms with Crippen LogP contribution < -0.4 is 5.32 Å². The van der Waals surface area contributed by atoms with E-state index in [0.717, 1.165) is 50.8 Å². The van der Waals surface area contributed by atoms with Crippen LogP contribution in [0.5, 0.6) is 0 Å². The van der Waals surface area contributed by atoms with E-state index in [-0.39, 0.29) is 5.78 Å². The van der Waals surface area contributed by atoms with Crippen molar-refractivity contribution in [1.29, 1.82) is 0 Å². The number of likely N-dealkylation sites (tertiary alicyclic amines) is 1. The molecule has 3 rings (SSSR count). The van der Waals surface area contributed by atoms with E-state index in [1.807, 2.05) is 6.08 Å². The number of aromatic nitrogens is 1. The first-order valence-corrected chi connectivity index (χ1v) is 8.83. The Labute approximate surface area is 139 Å². The van der Waals surface area contributed by atoms with Gasteiger partial charge in [0.2, 0.25) is 0 Å². The van der Waals surface area contributed by atoms with Crippen LogP contribution in [0.4, 0.5) is 5.82 Å². The molecule has 4 heteroatoms. The first kappa shape index (κ1) is 16.2. The molecule has 0 aromatic carbocycles. The molecule has 1 N–H and O–H groups in total. The number of hydrogen-bond donors (Lipinski definition) is 1. The summed E-state index contributed by atoms with van der Waals surface area (Å²) in [4.78, 5) is 18.2. The highest BCUT2D eigenvalue weighted by atomic mass is 16.1. The molecular weight excluding hydrogens is 286 g/mol. The smallest absolute Gasteiger partial charge is 0.152 e. The van der Waals surface area contributed by atoms with Crippen LogP contribution in [0.15, 0.2) is 24.3 Å². The van der Waals surface area contributed by atoms with Crippen molar-refractivity contribution >= 4 is 11.6 Å². The van der Waals surface area contributed by atoms with Gasteiger partial charge in [0.25, 0.3) is 0 Å². The Morgan fingerprint density at radius 3 is 3.26 bits per heavy atom. The maximum Gasteiger partial charge on any atom is 0.152 e. The molecule has 2 aliphatic rings. The van der Waals surface area contributed by atoms with Gasteiger partial charge < -0.3 is 5.32 Å². The van der Waals surface area contributed by atoms with Gasteiger partial charge in [-0.25, -0.2) is 4.98 Å². The van der Waals surface area contributed by atoms with Gasteiger partial charge in [-0.1, -0.05) is 12.1 Å². The summed E-state index contributed by atoms with van der Waals surface area (Å²) in [5.74, 6) is 2.00. The van der Waals surface area contributed by atoms with E-state index in [9.17, 15) is 4.79 Å². The zero-order valence-electron chi connectivity index (χ0n) is 14.1. The molecule has 1 fully saturated rings. The molecule has 0 radical (unpaired) electrons. The van der Waals surface area contributed by atoms with Gasteiger partial charge >= 0.3 is 0 Å². The van der Waals surface area contributed by atoms with Crippen molar-refractivity contribution in [3.63, 3.8) is 0 Å². The summed E-state index contributed by atoms with van der Waals surface area (Å²) in [6, 6.07) is 4.45. The van der Waals surface area contributed by atoms with Crippen LogP contribution in [0.3, 0.4) is 0 Å². The first-order chi connectivity index (χ1) is 11.2. The summed E-state index contributed by atoms with van der Waals surface area (Å²) in [7, 11) is 0. The quantitative estimate of drug-likeness (QED) is 0.820. The van der Waals surface area contributed by atoms with Crippen molar-refractivity contribution in [2.45, 2.75) is 39.0 Å². The largest absolute Gasteiger partial charge is 0.370 e. The van der Waals surface area contributed by atoms with Crippen molar-refractivity contribution in [3.8, 4) is 0 Å². The van der Waals surface area contributed by atoms with Gasteiger partial charge in [0.1, 0.15) is 5.82 Å². The molecule has 0 aliphatic carbocycles. The van der Waals surface area contributed by atoms with E-state index in [0.29, 0.717) is 0 Å². The lowest BCUT2D eigenvalue weighted by Crippen LogP contribution is -2.21. The Morgan fingerprint density at radius 1 is 1.48 bits per heavy atom. The number of nitrogens with zero attached hydrogens (tertiary/aromatic N) is 2. The lowest BCUT2D eigenvalue weighted by Gasteiger charge is -2.18. The van der Waals surface area contributed by atoms with E-state index >= 15 is 0 Å². The maximum atomic E-state index is 10.9. The molecule has 1 saturated heterocycles. The van der Waals surface area contributed by atoms with Gasteiger partial charge in [-0.2, -0.15) is 0 Å². The third kappa shape index (κ3) is 4.64. The number of carbonyl (C=O) groups excluding carboxylic acids is 1. The Hall–Kier alpha value is -1.68. The number of hydrogen-bond acceptors (Lipinski definition) is 4.